The predicted octanol–water partition coefficient (Wildman–Crippen LogP) is 4.82. The number of carbonyl (C=O) groups is 2. The van der Waals surface area contributed by atoms with Gasteiger partial charge in [0.15, 0.2) is 0 Å². The smallest absolute Gasteiger partial charge is 0.414 e. The van der Waals surface area contributed by atoms with Gasteiger partial charge in [0.1, 0.15) is 11.4 Å². The van der Waals surface area contributed by atoms with Gasteiger partial charge in [0.05, 0.1) is 16.8 Å². The standard InChI is InChI=1S/C22H27FN2O3/c1-13-6-7-17(25(12-13)20(27)28-21(2,3)4)14-10-15-18(16(23)11-14)24-19(26)22(15)8-5-9-22/h7,10-11,13H,5-6,8-9,12H2,1-4H3,(H,24,26). The molecule has 1 N–H and O–H groups in total. The highest BCUT2D eigenvalue weighted by atomic mass is 19.1. The van der Waals surface area contributed by atoms with Crippen molar-refractivity contribution in [2.75, 3.05) is 11.9 Å². The molecule has 0 saturated heterocycles. The number of nitrogens with zero attached hydrogens (tertiary/aromatic N) is 1. The molecule has 1 atom stereocenters. The lowest BCUT2D eigenvalue weighted by Crippen LogP contribution is -2.41. The van der Waals surface area contributed by atoms with Gasteiger partial charge in [-0.2, -0.15) is 0 Å². The highest BCUT2D eigenvalue weighted by Crippen LogP contribution is 2.52. The van der Waals surface area contributed by atoms with Gasteiger partial charge in [-0.15, -0.1) is 0 Å². The van der Waals surface area contributed by atoms with E-state index in [-0.39, 0.29) is 11.8 Å². The van der Waals surface area contributed by atoms with Crippen LogP contribution >= 0.6 is 0 Å². The van der Waals surface area contributed by atoms with Gasteiger partial charge in [0.25, 0.3) is 0 Å². The first-order chi connectivity index (χ1) is 13.1. The van der Waals surface area contributed by atoms with E-state index in [0.29, 0.717) is 23.5 Å². The van der Waals surface area contributed by atoms with Crippen molar-refractivity contribution in [3.05, 3.63) is 35.2 Å². The molecule has 1 spiro atoms. The number of benzene rings is 1. The van der Waals surface area contributed by atoms with E-state index >= 15 is 0 Å². The Balaban J connectivity index is 1.74. The lowest BCUT2D eigenvalue weighted by Gasteiger charge is -2.37. The van der Waals surface area contributed by atoms with Gasteiger partial charge >= 0.3 is 6.09 Å². The number of ether oxygens (including phenoxy) is 1. The topological polar surface area (TPSA) is 58.6 Å². The Morgan fingerprint density at radius 1 is 1.32 bits per heavy atom. The number of amides is 2. The maximum absolute atomic E-state index is 14.9. The molecule has 2 heterocycles. The van der Waals surface area contributed by atoms with Crippen LogP contribution in [0, 0.1) is 11.7 Å². The lowest BCUT2D eigenvalue weighted by molar-refractivity contribution is -0.123. The number of rotatable bonds is 1. The zero-order valence-corrected chi connectivity index (χ0v) is 16.9. The molecule has 2 aliphatic heterocycles. The number of nitrogens with one attached hydrogen (secondary N) is 1. The van der Waals surface area contributed by atoms with Crippen LogP contribution in [0.5, 0.6) is 0 Å². The van der Waals surface area contributed by atoms with Crippen LogP contribution in [0.2, 0.25) is 0 Å². The van der Waals surface area contributed by atoms with E-state index in [9.17, 15) is 14.0 Å². The molecule has 0 radical (unpaired) electrons. The average molecular weight is 386 g/mol. The highest BCUT2D eigenvalue weighted by molar-refractivity contribution is 6.07. The Bertz CT molecular complexity index is 881. The molecule has 150 valence electrons. The Hall–Kier alpha value is -2.37. The van der Waals surface area contributed by atoms with Gasteiger partial charge in [0, 0.05) is 12.1 Å². The van der Waals surface area contributed by atoms with Crippen LogP contribution in [0.1, 0.15) is 64.5 Å². The summed E-state index contributed by atoms with van der Waals surface area (Å²) in [6, 6.07) is 3.30. The number of hydrogen-bond donors (Lipinski definition) is 1. The van der Waals surface area contributed by atoms with Crippen molar-refractivity contribution in [1.29, 1.82) is 0 Å². The van der Waals surface area contributed by atoms with Crippen LogP contribution in [0.25, 0.3) is 5.70 Å². The number of carbonyl (C=O) groups excluding carboxylic acids is 2. The minimum Gasteiger partial charge on any atom is -0.443 e. The normalized spacial score (nSPS) is 23.0. The van der Waals surface area contributed by atoms with Gasteiger partial charge in [0.2, 0.25) is 5.91 Å². The second-order valence-electron chi connectivity index (χ2n) is 9.29. The van der Waals surface area contributed by atoms with Gasteiger partial charge in [-0.05, 0) is 63.6 Å². The first-order valence-electron chi connectivity index (χ1n) is 9.97. The van der Waals surface area contributed by atoms with E-state index < -0.39 is 22.9 Å². The third-order valence-electron chi connectivity index (χ3n) is 5.89. The van der Waals surface area contributed by atoms with Gasteiger partial charge in [-0.25, -0.2) is 9.18 Å². The molecular weight excluding hydrogens is 359 g/mol. The summed E-state index contributed by atoms with van der Waals surface area (Å²) in [5.41, 5.74) is 1.08. The van der Waals surface area contributed by atoms with Crippen molar-refractivity contribution in [3.63, 3.8) is 0 Å². The number of allylic oxidation sites excluding steroid dienone is 1. The molecule has 28 heavy (non-hydrogen) atoms. The van der Waals surface area contributed by atoms with Crippen LogP contribution in [0.3, 0.4) is 0 Å². The first-order valence-corrected chi connectivity index (χ1v) is 9.97. The molecular formula is C22H27FN2O3. The fraction of sp³-hybridized carbons (Fsp3) is 0.545. The van der Waals surface area contributed by atoms with E-state index in [1.54, 1.807) is 4.90 Å². The summed E-state index contributed by atoms with van der Waals surface area (Å²) in [5, 5.41) is 2.72. The second-order valence-corrected chi connectivity index (χ2v) is 9.29. The molecule has 6 heteroatoms. The fourth-order valence-electron chi connectivity index (χ4n) is 4.31. The third-order valence-corrected chi connectivity index (χ3v) is 5.89. The van der Waals surface area contributed by atoms with Crippen molar-refractivity contribution in [3.8, 4) is 0 Å². The van der Waals surface area contributed by atoms with Crippen molar-refractivity contribution in [2.45, 2.75) is 64.4 Å². The second kappa shape index (κ2) is 6.33. The Morgan fingerprint density at radius 2 is 2.04 bits per heavy atom. The number of hydrogen-bond acceptors (Lipinski definition) is 3. The largest absolute Gasteiger partial charge is 0.443 e. The number of fused-ring (bicyclic) bond motifs is 2. The summed E-state index contributed by atoms with van der Waals surface area (Å²) in [6.45, 7) is 8.07. The molecule has 0 bridgehead atoms. The molecule has 1 saturated carbocycles. The van der Waals surface area contributed by atoms with E-state index in [4.69, 9.17) is 4.74 Å². The van der Waals surface area contributed by atoms with E-state index in [1.165, 1.54) is 6.07 Å². The van der Waals surface area contributed by atoms with Gasteiger partial charge in [-0.1, -0.05) is 19.4 Å². The minimum absolute atomic E-state index is 0.111. The third kappa shape index (κ3) is 2.99. The first kappa shape index (κ1) is 19.0. The van der Waals surface area contributed by atoms with Gasteiger partial charge < -0.3 is 10.1 Å². The molecule has 2 amide bonds. The summed E-state index contributed by atoms with van der Waals surface area (Å²) in [5.74, 6) is -0.273. The Morgan fingerprint density at radius 3 is 2.64 bits per heavy atom. The van der Waals surface area contributed by atoms with Crippen LogP contribution in [-0.2, 0) is 14.9 Å². The maximum atomic E-state index is 14.9. The summed E-state index contributed by atoms with van der Waals surface area (Å²) < 4.78 is 20.5. The zero-order valence-electron chi connectivity index (χ0n) is 16.9. The van der Waals surface area contributed by atoms with Crippen LogP contribution in [0.4, 0.5) is 14.9 Å². The molecule has 1 aromatic rings. The Kier molecular flexibility index (Phi) is 4.28. The zero-order chi connectivity index (χ0) is 20.3. The molecule has 4 rings (SSSR count). The molecule has 1 unspecified atom stereocenters. The van der Waals surface area contributed by atoms with Crippen molar-refractivity contribution >= 4 is 23.4 Å². The summed E-state index contributed by atoms with van der Waals surface area (Å²) in [7, 11) is 0. The average Bonchev–Trinajstić information content (AvgIpc) is 2.85. The predicted molar refractivity (Wildman–Crippen MR) is 105 cm³/mol. The van der Waals surface area contributed by atoms with Crippen molar-refractivity contribution in [2.24, 2.45) is 5.92 Å². The molecule has 1 aliphatic carbocycles. The molecule has 0 aromatic heterocycles. The summed E-state index contributed by atoms with van der Waals surface area (Å²) in [4.78, 5) is 26.9. The monoisotopic (exact) mass is 386 g/mol. The Labute approximate surface area is 164 Å². The van der Waals surface area contributed by atoms with Gasteiger partial charge in [-0.3, -0.25) is 9.69 Å². The molecule has 5 nitrogen and oxygen atoms in total. The summed E-state index contributed by atoms with van der Waals surface area (Å²) >= 11 is 0. The minimum atomic E-state index is -0.613. The fourth-order valence-corrected chi connectivity index (χ4v) is 4.31. The number of halogens is 1. The molecule has 3 aliphatic rings. The van der Waals surface area contributed by atoms with Crippen molar-refractivity contribution < 1.29 is 18.7 Å². The lowest BCUT2D eigenvalue weighted by atomic mass is 9.65. The quantitative estimate of drug-likeness (QED) is 0.753. The van der Waals surface area contributed by atoms with Crippen LogP contribution in [-0.4, -0.2) is 29.0 Å². The van der Waals surface area contributed by atoms with Crippen LogP contribution < -0.4 is 5.32 Å². The molecule has 1 fully saturated rings. The highest BCUT2D eigenvalue weighted by Gasteiger charge is 2.52. The number of anilines is 1. The van der Waals surface area contributed by atoms with E-state index in [1.807, 2.05) is 32.9 Å². The maximum Gasteiger partial charge on any atom is 0.414 e. The molecule has 1 aromatic carbocycles. The summed E-state index contributed by atoms with van der Waals surface area (Å²) in [6.07, 6.45) is 4.77. The SMILES string of the molecule is CC1CC=C(c2cc(F)c3c(c2)C2(CCC2)C(=O)N3)N(C(=O)OC(C)(C)C)C1. The van der Waals surface area contributed by atoms with Crippen LogP contribution in [0.15, 0.2) is 18.2 Å². The van der Waals surface area contributed by atoms with Crippen molar-refractivity contribution in [1.82, 2.24) is 4.90 Å². The van der Waals surface area contributed by atoms with E-state index in [0.717, 1.165) is 31.2 Å². The van der Waals surface area contributed by atoms with E-state index in [2.05, 4.69) is 12.2 Å².